The number of amides is 3. The Kier molecular flexibility index (Phi) is 6.14. The number of anilines is 3. The van der Waals surface area contributed by atoms with Gasteiger partial charge in [-0.3, -0.25) is 14.4 Å². The number of alkyl halides is 3. The van der Waals surface area contributed by atoms with Gasteiger partial charge in [0.25, 0.3) is 0 Å². The first kappa shape index (κ1) is 22.2. The van der Waals surface area contributed by atoms with Crippen molar-refractivity contribution in [2.45, 2.75) is 42.0 Å². The molecule has 2 heterocycles. The third-order valence-corrected chi connectivity index (χ3v) is 6.54. The van der Waals surface area contributed by atoms with E-state index in [2.05, 4.69) is 10.6 Å². The number of hydrogen-bond acceptors (Lipinski definition) is 4. The van der Waals surface area contributed by atoms with Crippen molar-refractivity contribution < 1.29 is 27.6 Å². The van der Waals surface area contributed by atoms with E-state index in [1.807, 2.05) is 0 Å². The highest BCUT2D eigenvalue weighted by Crippen LogP contribution is 2.40. The van der Waals surface area contributed by atoms with Gasteiger partial charge in [-0.15, -0.1) is 11.8 Å². The molecule has 1 unspecified atom stereocenters. The minimum atomic E-state index is -4.51. The molecule has 0 aliphatic carbocycles. The fourth-order valence-corrected chi connectivity index (χ4v) is 4.76. The zero-order valence-corrected chi connectivity index (χ0v) is 17.7. The van der Waals surface area contributed by atoms with Gasteiger partial charge in [0.15, 0.2) is 0 Å². The number of carbonyl (C=O) groups excluding carboxylic acids is 3. The van der Waals surface area contributed by atoms with Crippen molar-refractivity contribution in [1.29, 1.82) is 0 Å². The molecular weight excluding hydrogens is 443 g/mol. The second-order valence-corrected chi connectivity index (χ2v) is 8.85. The summed E-state index contributed by atoms with van der Waals surface area (Å²) in [5.41, 5.74) is 0.444. The standard InChI is InChI=1S/C22H20F3N3O3S/c23-22(24,25)13-7-8-17-16(10-13)27-21(31)18(32-17)12-19(29)26-14-4-3-5-15(11-14)28-9-2-1-6-20(28)30/h3-5,7-8,10-11,18H,1-2,6,9,12H2,(H,26,29)(H,27,31). The van der Waals surface area contributed by atoms with Gasteiger partial charge >= 0.3 is 6.18 Å². The molecule has 0 aromatic heterocycles. The maximum Gasteiger partial charge on any atom is 0.416 e. The van der Waals surface area contributed by atoms with Crippen LogP contribution in [-0.2, 0) is 20.6 Å². The lowest BCUT2D eigenvalue weighted by Gasteiger charge is -2.27. The Morgan fingerprint density at radius 3 is 2.72 bits per heavy atom. The molecule has 2 aromatic rings. The molecule has 1 atom stereocenters. The lowest BCUT2D eigenvalue weighted by atomic mass is 10.1. The highest BCUT2D eigenvalue weighted by Gasteiger charge is 2.34. The Hall–Kier alpha value is -3.01. The van der Waals surface area contributed by atoms with Crippen LogP contribution in [0.2, 0.25) is 0 Å². The summed E-state index contributed by atoms with van der Waals surface area (Å²) in [5.74, 6) is -0.887. The number of nitrogens with zero attached hydrogens (tertiary/aromatic N) is 1. The number of halogens is 3. The van der Waals surface area contributed by atoms with E-state index in [1.165, 1.54) is 6.07 Å². The quantitative estimate of drug-likeness (QED) is 0.691. The summed E-state index contributed by atoms with van der Waals surface area (Å²) in [6, 6.07) is 10.1. The lowest BCUT2D eigenvalue weighted by molar-refractivity contribution is -0.137. The summed E-state index contributed by atoms with van der Waals surface area (Å²) < 4.78 is 38.7. The van der Waals surface area contributed by atoms with E-state index in [1.54, 1.807) is 29.2 Å². The zero-order valence-electron chi connectivity index (χ0n) is 16.9. The van der Waals surface area contributed by atoms with Gasteiger partial charge in [-0.05, 0) is 49.2 Å². The van der Waals surface area contributed by atoms with Crippen LogP contribution >= 0.6 is 11.8 Å². The van der Waals surface area contributed by atoms with E-state index in [9.17, 15) is 27.6 Å². The van der Waals surface area contributed by atoms with E-state index in [-0.39, 0.29) is 18.0 Å². The summed E-state index contributed by atoms with van der Waals surface area (Å²) in [5, 5.41) is 4.43. The van der Waals surface area contributed by atoms with Crippen molar-refractivity contribution in [2.24, 2.45) is 0 Å². The number of rotatable bonds is 4. The highest BCUT2D eigenvalue weighted by atomic mass is 32.2. The third kappa shape index (κ3) is 4.90. The second kappa shape index (κ2) is 8.85. The molecule has 3 amide bonds. The molecule has 2 aliphatic rings. The number of piperidine rings is 1. The fourth-order valence-electron chi connectivity index (χ4n) is 3.67. The lowest BCUT2D eigenvalue weighted by Crippen LogP contribution is -2.35. The minimum absolute atomic E-state index is 0.0438. The molecule has 2 aliphatic heterocycles. The van der Waals surface area contributed by atoms with Crippen molar-refractivity contribution >= 4 is 46.5 Å². The predicted molar refractivity (Wildman–Crippen MR) is 116 cm³/mol. The summed E-state index contributed by atoms with van der Waals surface area (Å²) in [7, 11) is 0. The largest absolute Gasteiger partial charge is 0.416 e. The van der Waals surface area contributed by atoms with Gasteiger partial charge in [-0.25, -0.2) is 0 Å². The number of benzene rings is 2. The SMILES string of the molecule is O=C(CC1Sc2ccc(C(F)(F)F)cc2NC1=O)Nc1cccc(N2CCCCC2=O)c1. The Morgan fingerprint density at radius 1 is 1.16 bits per heavy atom. The average molecular weight is 463 g/mol. The molecule has 0 radical (unpaired) electrons. The van der Waals surface area contributed by atoms with Gasteiger partial charge in [0, 0.05) is 35.7 Å². The van der Waals surface area contributed by atoms with Crippen molar-refractivity contribution in [2.75, 3.05) is 22.1 Å². The molecule has 2 N–H and O–H groups in total. The van der Waals surface area contributed by atoms with Crippen LogP contribution in [0.5, 0.6) is 0 Å². The Balaban J connectivity index is 1.41. The Bertz CT molecular complexity index is 1070. The van der Waals surface area contributed by atoms with Crippen LogP contribution in [0, 0.1) is 0 Å². The highest BCUT2D eigenvalue weighted by molar-refractivity contribution is 8.01. The molecule has 1 fully saturated rings. The van der Waals surface area contributed by atoms with E-state index < -0.39 is 28.8 Å². The molecular formula is C22H20F3N3O3S. The van der Waals surface area contributed by atoms with Crippen molar-refractivity contribution in [3.8, 4) is 0 Å². The number of nitrogens with one attached hydrogen (secondary N) is 2. The maximum atomic E-state index is 12.9. The third-order valence-electron chi connectivity index (χ3n) is 5.26. The van der Waals surface area contributed by atoms with E-state index in [4.69, 9.17) is 0 Å². The van der Waals surface area contributed by atoms with E-state index >= 15 is 0 Å². The number of hydrogen-bond donors (Lipinski definition) is 2. The van der Waals surface area contributed by atoms with Crippen LogP contribution in [-0.4, -0.2) is 29.5 Å². The molecule has 0 spiro atoms. The molecule has 168 valence electrons. The van der Waals surface area contributed by atoms with Crippen molar-refractivity contribution in [3.63, 3.8) is 0 Å². The number of fused-ring (bicyclic) bond motifs is 1. The first-order valence-electron chi connectivity index (χ1n) is 10.1. The number of thioether (sulfide) groups is 1. The van der Waals surface area contributed by atoms with E-state index in [0.717, 1.165) is 36.7 Å². The fraction of sp³-hybridized carbons (Fsp3) is 0.318. The molecule has 10 heteroatoms. The monoisotopic (exact) mass is 463 g/mol. The first-order chi connectivity index (χ1) is 15.2. The van der Waals surface area contributed by atoms with Crippen LogP contribution in [0.4, 0.5) is 30.2 Å². The predicted octanol–water partition coefficient (Wildman–Crippen LogP) is 4.66. The van der Waals surface area contributed by atoms with E-state index in [0.29, 0.717) is 29.2 Å². The minimum Gasteiger partial charge on any atom is -0.326 e. The van der Waals surface area contributed by atoms with Gasteiger partial charge in [0.2, 0.25) is 17.7 Å². The van der Waals surface area contributed by atoms with Crippen molar-refractivity contribution in [1.82, 2.24) is 0 Å². The van der Waals surface area contributed by atoms with Gasteiger partial charge in [-0.1, -0.05) is 6.07 Å². The summed E-state index contributed by atoms with van der Waals surface area (Å²) in [4.78, 5) is 39.2. The zero-order chi connectivity index (χ0) is 22.9. The Labute approximate surface area is 186 Å². The molecule has 1 saturated heterocycles. The molecule has 0 saturated carbocycles. The average Bonchev–Trinajstić information content (AvgIpc) is 2.74. The van der Waals surface area contributed by atoms with Gasteiger partial charge in [0.1, 0.15) is 0 Å². The maximum absolute atomic E-state index is 12.9. The second-order valence-electron chi connectivity index (χ2n) is 7.61. The molecule has 32 heavy (non-hydrogen) atoms. The summed E-state index contributed by atoms with van der Waals surface area (Å²) in [6.45, 7) is 0.630. The van der Waals surface area contributed by atoms with Gasteiger partial charge < -0.3 is 15.5 Å². The molecule has 6 nitrogen and oxygen atoms in total. The molecule has 0 bridgehead atoms. The Morgan fingerprint density at radius 2 is 1.97 bits per heavy atom. The van der Waals surface area contributed by atoms with Crippen LogP contribution in [0.1, 0.15) is 31.2 Å². The van der Waals surface area contributed by atoms with Gasteiger partial charge in [-0.2, -0.15) is 13.2 Å². The normalized spacial score (nSPS) is 18.7. The topological polar surface area (TPSA) is 78.5 Å². The summed E-state index contributed by atoms with van der Waals surface area (Å²) >= 11 is 1.06. The van der Waals surface area contributed by atoms with Crippen molar-refractivity contribution in [3.05, 3.63) is 48.0 Å². The van der Waals surface area contributed by atoms with Crippen LogP contribution in [0.3, 0.4) is 0 Å². The van der Waals surface area contributed by atoms with Crippen LogP contribution in [0.25, 0.3) is 0 Å². The van der Waals surface area contributed by atoms with Crippen LogP contribution in [0.15, 0.2) is 47.4 Å². The summed E-state index contributed by atoms with van der Waals surface area (Å²) in [6.07, 6.45) is -2.37. The van der Waals surface area contributed by atoms with Gasteiger partial charge in [0.05, 0.1) is 16.5 Å². The number of carbonyl (C=O) groups is 3. The molecule has 4 rings (SSSR count). The molecule has 2 aromatic carbocycles. The van der Waals surface area contributed by atoms with Crippen LogP contribution < -0.4 is 15.5 Å². The smallest absolute Gasteiger partial charge is 0.326 e. The first-order valence-corrected chi connectivity index (χ1v) is 11.0.